The van der Waals surface area contributed by atoms with Crippen LogP contribution in [0.4, 0.5) is 0 Å². The van der Waals surface area contributed by atoms with Crippen LogP contribution >= 0.6 is 0 Å². The van der Waals surface area contributed by atoms with E-state index in [0.717, 1.165) is 24.0 Å². The van der Waals surface area contributed by atoms with Gasteiger partial charge in [0, 0.05) is 19.5 Å². The number of carbonyl (C=O) groups is 2. The van der Waals surface area contributed by atoms with Crippen LogP contribution in [0.25, 0.3) is 0 Å². The lowest BCUT2D eigenvalue weighted by molar-refractivity contribution is -0.132. The van der Waals surface area contributed by atoms with Crippen LogP contribution < -0.4 is 5.73 Å². The number of carbonyl (C=O) groups excluding carboxylic acids is 1. The maximum absolute atomic E-state index is 12.2. The third-order valence-electron chi connectivity index (χ3n) is 4.07. The highest BCUT2D eigenvalue weighted by molar-refractivity contribution is 5.88. The van der Waals surface area contributed by atoms with Crippen molar-refractivity contribution in [3.8, 4) is 0 Å². The number of carboxylic acid groups (broad SMARTS) is 1. The van der Waals surface area contributed by atoms with E-state index in [0.29, 0.717) is 32.0 Å². The van der Waals surface area contributed by atoms with Gasteiger partial charge in [-0.05, 0) is 48.6 Å². The number of hydrogen-bond donors (Lipinski definition) is 2. The van der Waals surface area contributed by atoms with Crippen molar-refractivity contribution in [2.45, 2.75) is 32.7 Å². The van der Waals surface area contributed by atoms with Crippen molar-refractivity contribution < 1.29 is 14.7 Å². The van der Waals surface area contributed by atoms with Gasteiger partial charge in [-0.25, -0.2) is 4.79 Å². The van der Waals surface area contributed by atoms with E-state index in [1.54, 1.807) is 12.1 Å². The van der Waals surface area contributed by atoms with Crippen LogP contribution in [0.5, 0.6) is 0 Å². The predicted octanol–water partition coefficient (Wildman–Crippen LogP) is 1.64. The van der Waals surface area contributed by atoms with Gasteiger partial charge in [0.1, 0.15) is 0 Å². The third-order valence-corrected chi connectivity index (χ3v) is 4.07. The molecule has 1 aliphatic heterocycles. The minimum atomic E-state index is -0.932. The molecule has 0 radical (unpaired) electrons. The van der Waals surface area contributed by atoms with E-state index in [4.69, 9.17) is 10.8 Å². The van der Waals surface area contributed by atoms with Crippen molar-refractivity contribution in [3.63, 3.8) is 0 Å². The molecular formula is C16H22N2O3. The molecule has 0 saturated heterocycles. The summed E-state index contributed by atoms with van der Waals surface area (Å²) in [7, 11) is 0. The number of nitrogens with zero attached hydrogens (tertiary/aromatic N) is 1. The van der Waals surface area contributed by atoms with Gasteiger partial charge in [-0.15, -0.1) is 0 Å². The van der Waals surface area contributed by atoms with E-state index in [9.17, 15) is 9.59 Å². The first-order valence-corrected chi connectivity index (χ1v) is 7.34. The van der Waals surface area contributed by atoms with Crippen LogP contribution in [0.2, 0.25) is 0 Å². The van der Waals surface area contributed by atoms with Gasteiger partial charge in [0.05, 0.1) is 5.56 Å². The normalized spacial score (nSPS) is 15.4. The van der Waals surface area contributed by atoms with E-state index >= 15 is 0 Å². The van der Waals surface area contributed by atoms with Gasteiger partial charge in [0.15, 0.2) is 0 Å². The Hall–Kier alpha value is -1.88. The van der Waals surface area contributed by atoms with Crippen molar-refractivity contribution in [3.05, 3.63) is 34.9 Å². The Morgan fingerprint density at radius 2 is 2.14 bits per heavy atom. The number of hydrogen-bond acceptors (Lipinski definition) is 3. The lowest BCUT2D eigenvalue weighted by Crippen LogP contribution is -2.36. The topological polar surface area (TPSA) is 83.6 Å². The molecule has 0 aliphatic carbocycles. The lowest BCUT2D eigenvalue weighted by Gasteiger charge is -2.29. The molecule has 3 N–H and O–H groups in total. The largest absolute Gasteiger partial charge is 0.478 e. The van der Waals surface area contributed by atoms with Crippen LogP contribution in [-0.4, -0.2) is 35.0 Å². The standard InChI is InChI=1S/C16H22N2O3/c1-11(9-17)2-5-15(19)18-7-6-12-3-4-13(16(20)21)8-14(12)10-18/h3-4,8,11H,2,5-7,9-10,17H2,1H3,(H,20,21). The molecule has 0 fully saturated rings. The number of fused-ring (bicyclic) bond motifs is 1. The highest BCUT2D eigenvalue weighted by Crippen LogP contribution is 2.21. The summed E-state index contributed by atoms with van der Waals surface area (Å²) in [5, 5.41) is 9.04. The van der Waals surface area contributed by atoms with Gasteiger partial charge in [-0.2, -0.15) is 0 Å². The maximum Gasteiger partial charge on any atom is 0.335 e. The van der Waals surface area contributed by atoms with E-state index < -0.39 is 5.97 Å². The molecular weight excluding hydrogens is 268 g/mol. The van der Waals surface area contributed by atoms with Crippen LogP contribution in [0.1, 0.15) is 41.3 Å². The number of carboxylic acids is 1. The minimum absolute atomic E-state index is 0.127. The van der Waals surface area contributed by atoms with E-state index in [1.165, 1.54) is 0 Å². The zero-order valence-electron chi connectivity index (χ0n) is 12.3. The highest BCUT2D eigenvalue weighted by atomic mass is 16.4. The van der Waals surface area contributed by atoms with E-state index in [2.05, 4.69) is 0 Å². The van der Waals surface area contributed by atoms with Crippen LogP contribution in [-0.2, 0) is 17.8 Å². The molecule has 0 saturated carbocycles. The lowest BCUT2D eigenvalue weighted by atomic mass is 9.96. The molecule has 1 heterocycles. The van der Waals surface area contributed by atoms with Crippen molar-refractivity contribution in [2.24, 2.45) is 11.7 Å². The first-order valence-electron chi connectivity index (χ1n) is 7.34. The van der Waals surface area contributed by atoms with Gasteiger partial charge >= 0.3 is 5.97 Å². The molecule has 1 unspecified atom stereocenters. The third kappa shape index (κ3) is 3.82. The summed E-state index contributed by atoms with van der Waals surface area (Å²) in [6.07, 6.45) is 2.09. The SMILES string of the molecule is CC(CN)CCC(=O)N1CCc2ccc(C(=O)O)cc2C1. The maximum atomic E-state index is 12.2. The second-order valence-electron chi connectivity index (χ2n) is 5.73. The average molecular weight is 290 g/mol. The van der Waals surface area contributed by atoms with Crippen molar-refractivity contribution >= 4 is 11.9 Å². The molecule has 2 rings (SSSR count). The molecule has 0 spiro atoms. The number of benzene rings is 1. The molecule has 1 aromatic carbocycles. The second kappa shape index (κ2) is 6.72. The molecule has 1 aromatic rings. The zero-order valence-corrected chi connectivity index (χ0v) is 12.3. The molecule has 5 heteroatoms. The zero-order chi connectivity index (χ0) is 15.4. The minimum Gasteiger partial charge on any atom is -0.478 e. The summed E-state index contributed by atoms with van der Waals surface area (Å²) in [5.74, 6) is -0.454. The summed E-state index contributed by atoms with van der Waals surface area (Å²) in [6.45, 7) is 3.84. The first-order chi connectivity index (χ1) is 10.0. The Labute approximate surface area is 124 Å². The van der Waals surface area contributed by atoms with Crippen LogP contribution in [0.15, 0.2) is 18.2 Å². The Bertz CT molecular complexity index is 542. The monoisotopic (exact) mass is 290 g/mol. The van der Waals surface area contributed by atoms with Crippen molar-refractivity contribution in [1.82, 2.24) is 4.90 Å². The fraction of sp³-hybridized carbons (Fsp3) is 0.500. The van der Waals surface area contributed by atoms with Crippen LogP contribution in [0, 0.1) is 5.92 Å². The summed E-state index contributed by atoms with van der Waals surface area (Å²) in [4.78, 5) is 25.1. The molecule has 21 heavy (non-hydrogen) atoms. The average Bonchev–Trinajstić information content (AvgIpc) is 2.50. The molecule has 5 nitrogen and oxygen atoms in total. The Morgan fingerprint density at radius 1 is 1.38 bits per heavy atom. The number of nitrogens with two attached hydrogens (primary N) is 1. The van der Waals surface area contributed by atoms with E-state index in [-0.39, 0.29) is 11.5 Å². The Balaban J connectivity index is 2.02. The molecule has 0 bridgehead atoms. The number of rotatable bonds is 5. The summed E-state index contributed by atoms with van der Waals surface area (Å²) in [6, 6.07) is 5.16. The summed E-state index contributed by atoms with van der Waals surface area (Å²) < 4.78 is 0. The summed E-state index contributed by atoms with van der Waals surface area (Å²) >= 11 is 0. The number of aromatic carboxylic acids is 1. The first kappa shape index (κ1) is 15.5. The van der Waals surface area contributed by atoms with Gasteiger partial charge in [0.2, 0.25) is 5.91 Å². The summed E-state index contributed by atoms with van der Waals surface area (Å²) in [5.41, 5.74) is 7.93. The van der Waals surface area contributed by atoms with Crippen LogP contribution in [0.3, 0.4) is 0 Å². The molecule has 114 valence electrons. The highest BCUT2D eigenvalue weighted by Gasteiger charge is 2.21. The number of amides is 1. The van der Waals surface area contributed by atoms with Crippen molar-refractivity contribution in [1.29, 1.82) is 0 Å². The van der Waals surface area contributed by atoms with Gasteiger partial charge in [0.25, 0.3) is 0 Å². The molecule has 1 atom stereocenters. The van der Waals surface area contributed by atoms with Crippen molar-refractivity contribution in [2.75, 3.05) is 13.1 Å². The Morgan fingerprint density at radius 3 is 2.81 bits per heavy atom. The van der Waals surface area contributed by atoms with E-state index in [1.807, 2.05) is 17.9 Å². The van der Waals surface area contributed by atoms with Gasteiger partial charge < -0.3 is 15.7 Å². The second-order valence-corrected chi connectivity index (χ2v) is 5.73. The fourth-order valence-corrected chi connectivity index (χ4v) is 2.55. The molecule has 1 amide bonds. The quantitative estimate of drug-likeness (QED) is 0.863. The molecule has 0 aromatic heterocycles. The fourth-order valence-electron chi connectivity index (χ4n) is 2.55. The Kier molecular flexibility index (Phi) is 4.96. The molecule has 1 aliphatic rings. The predicted molar refractivity (Wildman–Crippen MR) is 80.0 cm³/mol. The van der Waals surface area contributed by atoms with Gasteiger partial charge in [-0.1, -0.05) is 13.0 Å². The smallest absolute Gasteiger partial charge is 0.335 e. The van der Waals surface area contributed by atoms with Gasteiger partial charge in [-0.3, -0.25) is 4.79 Å².